The summed E-state index contributed by atoms with van der Waals surface area (Å²) in [6, 6.07) is 5.74. The van der Waals surface area contributed by atoms with E-state index in [0.29, 0.717) is 0 Å². The predicted octanol–water partition coefficient (Wildman–Crippen LogP) is 4.21. The maximum atomic E-state index is 14.0. The lowest BCUT2D eigenvalue weighted by Gasteiger charge is -2.16. The molecule has 0 spiro atoms. The number of hydrogen-bond donors (Lipinski definition) is 1. The van der Waals surface area contributed by atoms with Gasteiger partial charge in [0.1, 0.15) is 11.6 Å². The molecule has 2 aromatic rings. The number of benzene rings is 1. The van der Waals surface area contributed by atoms with Crippen molar-refractivity contribution in [2.75, 3.05) is 7.05 Å². The van der Waals surface area contributed by atoms with Crippen molar-refractivity contribution in [3.05, 3.63) is 56.8 Å². The van der Waals surface area contributed by atoms with Crippen LogP contribution in [0.25, 0.3) is 0 Å². The number of aryl methyl sites for hydroxylation is 2. The van der Waals surface area contributed by atoms with Crippen LogP contribution in [0.3, 0.4) is 0 Å². The third-order valence-corrected chi connectivity index (χ3v) is 5.18. The molecule has 1 aliphatic rings. The quantitative estimate of drug-likeness (QED) is 0.893. The number of hydrogen-bond acceptors (Lipinski definition) is 2. The molecule has 0 bridgehead atoms. The second-order valence-electron chi connectivity index (χ2n) is 5.16. The van der Waals surface area contributed by atoms with Gasteiger partial charge in [-0.15, -0.1) is 11.3 Å². The van der Waals surface area contributed by atoms with Gasteiger partial charge in [-0.25, -0.2) is 8.78 Å². The lowest BCUT2D eigenvalue weighted by molar-refractivity contribution is 0.524. The van der Waals surface area contributed by atoms with Crippen LogP contribution in [0.4, 0.5) is 8.78 Å². The number of halogens is 2. The van der Waals surface area contributed by atoms with Crippen LogP contribution in [-0.4, -0.2) is 7.05 Å². The van der Waals surface area contributed by atoms with Crippen LogP contribution in [0.15, 0.2) is 24.3 Å². The van der Waals surface area contributed by atoms with Gasteiger partial charge in [0.2, 0.25) is 0 Å². The predicted molar refractivity (Wildman–Crippen MR) is 78.2 cm³/mol. The van der Waals surface area contributed by atoms with E-state index < -0.39 is 17.7 Å². The standard InChI is InChI=1S/C16H17F2NS/c1-19-16(15-11(17)6-4-7-12(15)18)14-9-10-5-2-3-8-13(10)20-14/h4,6-7,9,16,19H,2-3,5,8H2,1H3. The zero-order valence-corrected chi connectivity index (χ0v) is 12.2. The van der Waals surface area contributed by atoms with Gasteiger partial charge in [0.15, 0.2) is 0 Å². The van der Waals surface area contributed by atoms with Gasteiger partial charge in [-0.3, -0.25) is 0 Å². The Morgan fingerprint density at radius 1 is 1.15 bits per heavy atom. The van der Waals surface area contributed by atoms with E-state index in [1.54, 1.807) is 18.4 Å². The van der Waals surface area contributed by atoms with Crippen molar-refractivity contribution in [2.24, 2.45) is 0 Å². The van der Waals surface area contributed by atoms with Crippen molar-refractivity contribution in [3.63, 3.8) is 0 Å². The fourth-order valence-corrected chi connectivity index (χ4v) is 4.25. The fraction of sp³-hybridized carbons (Fsp3) is 0.375. The molecule has 1 nitrogen and oxygen atoms in total. The first kappa shape index (κ1) is 13.7. The second kappa shape index (κ2) is 5.62. The summed E-state index contributed by atoms with van der Waals surface area (Å²) in [5.74, 6) is -0.980. The van der Waals surface area contributed by atoms with Crippen molar-refractivity contribution in [2.45, 2.75) is 31.7 Å². The van der Waals surface area contributed by atoms with E-state index >= 15 is 0 Å². The van der Waals surface area contributed by atoms with Crippen LogP contribution in [0, 0.1) is 11.6 Å². The molecule has 1 unspecified atom stereocenters. The van der Waals surface area contributed by atoms with E-state index in [4.69, 9.17) is 0 Å². The largest absolute Gasteiger partial charge is 0.308 e. The summed E-state index contributed by atoms with van der Waals surface area (Å²) in [6.45, 7) is 0. The number of fused-ring (bicyclic) bond motifs is 1. The van der Waals surface area contributed by atoms with E-state index in [2.05, 4.69) is 11.4 Å². The van der Waals surface area contributed by atoms with Gasteiger partial charge in [-0.1, -0.05) is 6.07 Å². The minimum Gasteiger partial charge on any atom is -0.308 e. The number of rotatable bonds is 3. The first-order valence-corrected chi connectivity index (χ1v) is 7.75. The summed E-state index contributed by atoms with van der Waals surface area (Å²) in [6.07, 6.45) is 4.60. The molecule has 0 fully saturated rings. The zero-order chi connectivity index (χ0) is 14.1. The molecule has 1 aliphatic carbocycles. The second-order valence-corrected chi connectivity index (χ2v) is 6.33. The average molecular weight is 293 g/mol. The van der Waals surface area contributed by atoms with E-state index in [-0.39, 0.29) is 5.56 Å². The number of thiophene rings is 1. The van der Waals surface area contributed by atoms with Crippen molar-refractivity contribution in [3.8, 4) is 0 Å². The maximum Gasteiger partial charge on any atom is 0.131 e. The third kappa shape index (κ3) is 2.38. The molecule has 1 atom stereocenters. The van der Waals surface area contributed by atoms with Gasteiger partial charge < -0.3 is 5.32 Å². The first-order valence-electron chi connectivity index (χ1n) is 6.93. The Morgan fingerprint density at radius 2 is 1.85 bits per heavy atom. The summed E-state index contributed by atoms with van der Waals surface area (Å²) in [5, 5.41) is 3.06. The van der Waals surface area contributed by atoms with Crippen molar-refractivity contribution < 1.29 is 8.78 Å². The van der Waals surface area contributed by atoms with Crippen LogP contribution >= 0.6 is 11.3 Å². The van der Waals surface area contributed by atoms with Crippen molar-refractivity contribution in [1.29, 1.82) is 0 Å². The van der Waals surface area contributed by atoms with E-state index in [1.165, 1.54) is 41.5 Å². The normalized spacial score (nSPS) is 15.9. The molecule has 20 heavy (non-hydrogen) atoms. The van der Waals surface area contributed by atoms with Crippen LogP contribution in [0.2, 0.25) is 0 Å². The molecular formula is C16H17F2NS. The van der Waals surface area contributed by atoms with Gasteiger partial charge in [0.05, 0.1) is 6.04 Å². The zero-order valence-electron chi connectivity index (χ0n) is 11.4. The molecule has 1 aromatic heterocycles. The molecule has 1 N–H and O–H groups in total. The molecule has 1 heterocycles. The minimum absolute atomic E-state index is 0.119. The van der Waals surface area contributed by atoms with Gasteiger partial charge in [0, 0.05) is 15.3 Å². The Morgan fingerprint density at radius 3 is 2.50 bits per heavy atom. The Balaban J connectivity index is 2.03. The van der Waals surface area contributed by atoms with Gasteiger partial charge in [-0.05, 0) is 56.5 Å². The van der Waals surface area contributed by atoms with Gasteiger partial charge in [-0.2, -0.15) is 0 Å². The van der Waals surface area contributed by atoms with Crippen molar-refractivity contribution in [1.82, 2.24) is 5.32 Å². The fourth-order valence-electron chi connectivity index (χ4n) is 2.87. The summed E-state index contributed by atoms with van der Waals surface area (Å²) in [5.41, 5.74) is 1.47. The lowest BCUT2D eigenvalue weighted by Crippen LogP contribution is -2.19. The van der Waals surface area contributed by atoms with Crippen LogP contribution < -0.4 is 5.32 Å². The smallest absolute Gasteiger partial charge is 0.131 e. The van der Waals surface area contributed by atoms with Gasteiger partial charge in [0.25, 0.3) is 0 Å². The van der Waals surface area contributed by atoms with Gasteiger partial charge >= 0.3 is 0 Å². The Labute approximate surface area is 121 Å². The van der Waals surface area contributed by atoms with E-state index in [9.17, 15) is 8.78 Å². The highest BCUT2D eigenvalue weighted by atomic mass is 32.1. The Kier molecular flexibility index (Phi) is 3.85. The summed E-state index contributed by atoms with van der Waals surface area (Å²) in [7, 11) is 1.75. The number of nitrogens with one attached hydrogen (secondary N) is 1. The topological polar surface area (TPSA) is 12.0 Å². The highest BCUT2D eigenvalue weighted by molar-refractivity contribution is 7.12. The molecule has 0 aliphatic heterocycles. The third-order valence-electron chi connectivity index (χ3n) is 3.88. The average Bonchev–Trinajstić information content (AvgIpc) is 2.86. The molecule has 0 radical (unpaired) electrons. The lowest BCUT2D eigenvalue weighted by atomic mass is 9.97. The van der Waals surface area contributed by atoms with Crippen LogP contribution in [0.5, 0.6) is 0 Å². The molecule has 106 valence electrons. The first-order chi connectivity index (χ1) is 9.70. The van der Waals surface area contributed by atoms with Crippen LogP contribution in [-0.2, 0) is 12.8 Å². The summed E-state index contributed by atoms with van der Waals surface area (Å²) < 4.78 is 28.0. The highest BCUT2D eigenvalue weighted by Crippen LogP contribution is 2.36. The molecular weight excluding hydrogens is 276 g/mol. The van der Waals surface area contributed by atoms with E-state index in [0.717, 1.165) is 17.7 Å². The molecule has 4 heteroatoms. The highest BCUT2D eigenvalue weighted by Gasteiger charge is 2.24. The Hall–Kier alpha value is -1.26. The Bertz CT molecular complexity index is 577. The van der Waals surface area contributed by atoms with E-state index in [1.807, 2.05) is 0 Å². The van der Waals surface area contributed by atoms with Crippen molar-refractivity contribution >= 4 is 11.3 Å². The molecule has 1 aromatic carbocycles. The molecule has 0 saturated carbocycles. The summed E-state index contributed by atoms with van der Waals surface area (Å²) in [4.78, 5) is 2.38. The molecule has 0 amide bonds. The molecule has 3 rings (SSSR count). The van der Waals surface area contributed by atoms with Crippen LogP contribution in [0.1, 0.15) is 39.8 Å². The molecule has 0 saturated heterocycles. The maximum absolute atomic E-state index is 14.0. The monoisotopic (exact) mass is 293 g/mol. The SMILES string of the molecule is CNC(c1cc2c(s1)CCCC2)c1c(F)cccc1F. The minimum atomic E-state index is -0.490. The summed E-state index contributed by atoms with van der Waals surface area (Å²) >= 11 is 1.68.